The van der Waals surface area contributed by atoms with Crippen molar-refractivity contribution in [2.24, 2.45) is 5.73 Å². The maximum Gasteiger partial charge on any atom is 0.251 e. The van der Waals surface area contributed by atoms with Crippen molar-refractivity contribution in [2.75, 3.05) is 6.54 Å². The second-order valence-electron chi connectivity index (χ2n) is 3.65. The van der Waals surface area contributed by atoms with E-state index < -0.39 is 0 Å². The Bertz CT molecular complexity index is 382. The molecule has 0 heterocycles. The van der Waals surface area contributed by atoms with E-state index in [-0.39, 0.29) is 17.8 Å². The quantitative estimate of drug-likeness (QED) is 0.826. The third-order valence-corrected chi connectivity index (χ3v) is 2.94. The molecule has 0 saturated carbocycles. The molecule has 0 aliphatic heterocycles. The van der Waals surface area contributed by atoms with Crippen LogP contribution in [0.1, 0.15) is 23.7 Å². The van der Waals surface area contributed by atoms with Gasteiger partial charge in [-0.1, -0.05) is 0 Å². The number of carbonyl (C=O) groups is 1. The molecule has 1 unspecified atom stereocenters. The predicted molar refractivity (Wildman–Crippen MR) is 69.7 cm³/mol. The third-order valence-electron chi connectivity index (χ3n) is 2.07. The number of hydrogen-bond donors (Lipinski definition) is 2. The molecule has 0 radical (unpaired) electrons. The molecule has 16 heavy (non-hydrogen) atoms. The molecular formula is C11H14FIN2O. The molecule has 0 fully saturated rings. The molecule has 0 aliphatic rings. The lowest BCUT2D eigenvalue weighted by molar-refractivity contribution is 0.0952. The molecule has 0 aromatic heterocycles. The molecule has 0 aliphatic carbocycles. The van der Waals surface area contributed by atoms with Gasteiger partial charge in [0, 0.05) is 21.7 Å². The molecule has 1 amide bonds. The fourth-order valence-electron chi connectivity index (χ4n) is 1.15. The van der Waals surface area contributed by atoms with Crippen molar-refractivity contribution in [1.29, 1.82) is 0 Å². The van der Waals surface area contributed by atoms with Crippen molar-refractivity contribution in [1.82, 2.24) is 5.32 Å². The van der Waals surface area contributed by atoms with Gasteiger partial charge in [-0.2, -0.15) is 0 Å². The zero-order chi connectivity index (χ0) is 12.1. The van der Waals surface area contributed by atoms with Gasteiger partial charge in [0.05, 0.1) is 0 Å². The monoisotopic (exact) mass is 336 g/mol. The second kappa shape index (κ2) is 6.15. The van der Waals surface area contributed by atoms with Gasteiger partial charge < -0.3 is 11.1 Å². The van der Waals surface area contributed by atoms with E-state index in [4.69, 9.17) is 5.73 Å². The zero-order valence-corrected chi connectivity index (χ0v) is 11.1. The summed E-state index contributed by atoms with van der Waals surface area (Å²) in [7, 11) is 0. The Morgan fingerprint density at radius 1 is 1.62 bits per heavy atom. The SMILES string of the molecule is CC(N)CCNC(=O)c1ccc(I)c(F)c1. The number of amides is 1. The van der Waals surface area contributed by atoms with Gasteiger partial charge in [0.1, 0.15) is 5.82 Å². The first kappa shape index (κ1) is 13.4. The first-order valence-electron chi connectivity index (χ1n) is 4.99. The van der Waals surface area contributed by atoms with Crippen molar-refractivity contribution in [3.63, 3.8) is 0 Å². The van der Waals surface area contributed by atoms with Crippen LogP contribution in [0.2, 0.25) is 0 Å². The van der Waals surface area contributed by atoms with E-state index in [0.29, 0.717) is 22.1 Å². The fraction of sp³-hybridized carbons (Fsp3) is 0.364. The highest BCUT2D eigenvalue weighted by atomic mass is 127. The summed E-state index contributed by atoms with van der Waals surface area (Å²) in [4.78, 5) is 11.6. The number of carbonyl (C=O) groups excluding carboxylic acids is 1. The van der Waals surface area contributed by atoms with Crippen LogP contribution in [0.3, 0.4) is 0 Å². The Kier molecular flexibility index (Phi) is 5.14. The smallest absolute Gasteiger partial charge is 0.251 e. The molecule has 0 bridgehead atoms. The van der Waals surface area contributed by atoms with Gasteiger partial charge in [-0.3, -0.25) is 4.79 Å². The summed E-state index contributed by atoms with van der Waals surface area (Å²) in [5, 5.41) is 2.69. The first-order chi connectivity index (χ1) is 7.50. The highest BCUT2D eigenvalue weighted by Gasteiger charge is 2.08. The van der Waals surface area contributed by atoms with Crippen LogP contribution in [0.15, 0.2) is 18.2 Å². The van der Waals surface area contributed by atoms with E-state index >= 15 is 0 Å². The standard InChI is InChI=1S/C11H14FIN2O/c1-7(14)4-5-15-11(16)8-2-3-10(13)9(12)6-8/h2-3,6-7H,4-5,14H2,1H3,(H,15,16). The number of halogens is 2. The molecule has 0 spiro atoms. The second-order valence-corrected chi connectivity index (χ2v) is 4.81. The van der Waals surface area contributed by atoms with E-state index in [0.717, 1.165) is 0 Å². The largest absolute Gasteiger partial charge is 0.352 e. The van der Waals surface area contributed by atoms with Gasteiger partial charge in [0.2, 0.25) is 0 Å². The minimum Gasteiger partial charge on any atom is -0.352 e. The van der Waals surface area contributed by atoms with Crippen molar-refractivity contribution in [3.05, 3.63) is 33.1 Å². The lowest BCUT2D eigenvalue weighted by Gasteiger charge is -2.07. The Morgan fingerprint density at radius 3 is 2.88 bits per heavy atom. The molecular weight excluding hydrogens is 322 g/mol. The van der Waals surface area contributed by atoms with E-state index in [1.807, 2.05) is 29.5 Å². The minimum atomic E-state index is -0.375. The topological polar surface area (TPSA) is 55.1 Å². The van der Waals surface area contributed by atoms with Crippen molar-refractivity contribution < 1.29 is 9.18 Å². The van der Waals surface area contributed by atoms with Crippen LogP contribution in [0.4, 0.5) is 4.39 Å². The highest BCUT2D eigenvalue weighted by molar-refractivity contribution is 14.1. The van der Waals surface area contributed by atoms with Gasteiger partial charge in [-0.25, -0.2) is 4.39 Å². The van der Waals surface area contributed by atoms with Gasteiger partial charge in [-0.05, 0) is 54.1 Å². The van der Waals surface area contributed by atoms with Gasteiger partial charge in [-0.15, -0.1) is 0 Å². The van der Waals surface area contributed by atoms with Crippen LogP contribution < -0.4 is 11.1 Å². The Morgan fingerprint density at radius 2 is 2.31 bits per heavy atom. The maximum atomic E-state index is 13.2. The van der Waals surface area contributed by atoms with E-state index in [1.54, 1.807) is 12.1 Å². The molecule has 1 aromatic rings. The van der Waals surface area contributed by atoms with Crippen LogP contribution in [0.5, 0.6) is 0 Å². The average molecular weight is 336 g/mol. The van der Waals surface area contributed by atoms with E-state index in [9.17, 15) is 9.18 Å². The number of benzene rings is 1. The number of nitrogens with two attached hydrogens (primary N) is 1. The number of hydrogen-bond acceptors (Lipinski definition) is 2. The van der Waals surface area contributed by atoms with Crippen molar-refractivity contribution in [2.45, 2.75) is 19.4 Å². The number of nitrogens with one attached hydrogen (secondary N) is 1. The minimum absolute atomic E-state index is 0.0498. The highest BCUT2D eigenvalue weighted by Crippen LogP contribution is 2.12. The van der Waals surface area contributed by atoms with Crippen LogP contribution in [-0.4, -0.2) is 18.5 Å². The molecule has 88 valence electrons. The average Bonchev–Trinajstić information content (AvgIpc) is 2.21. The third kappa shape index (κ3) is 4.05. The number of rotatable bonds is 4. The lowest BCUT2D eigenvalue weighted by atomic mass is 10.2. The fourth-order valence-corrected chi connectivity index (χ4v) is 1.49. The Labute approximate surface area is 108 Å². The molecule has 1 aromatic carbocycles. The summed E-state index contributed by atoms with van der Waals surface area (Å²) in [6.45, 7) is 2.38. The van der Waals surface area contributed by atoms with Gasteiger partial charge in [0.25, 0.3) is 5.91 Å². The summed E-state index contributed by atoms with van der Waals surface area (Å²) in [5.74, 6) is -0.642. The van der Waals surface area contributed by atoms with E-state index in [2.05, 4.69) is 5.32 Å². The van der Waals surface area contributed by atoms with E-state index in [1.165, 1.54) is 6.07 Å². The Hall–Kier alpha value is -0.690. The summed E-state index contributed by atoms with van der Waals surface area (Å²) >= 11 is 1.88. The zero-order valence-electron chi connectivity index (χ0n) is 8.97. The molecule has 1 rings (SSSR count). The predicted octanol–water partition coefficient (Wildman–Crippen LogP) is 1.90. The summed E-state index contributed by atoms with van der Waals surface area (Å²) < 4.78 is 13.7. The molecule has 0 saturated heterocycles. The normalized spacial score (nSPS) is 12.2. The van der Waals surface area contributed by atoms with Crippen molar-refractivity contribution >= 4 is 28.5 Å². The van der Waals surface area contributed by atoms with Crippen LogP contribution in [0.25, 0.3) is 0 Å². The van der Waals surface area contributed by atoms with Crippen molar-refractivity contribution in [3.8, 4) is 0 Å². The Balaban J connectivity index is 2.56. The van der Waals surface area contributed by atoms with Gasteiger partial charge >= 0.3 is 0 Å². The summed E-state index contributed by atoms with van der Waals surface area (Å²) in [6.07, 6.45) is 0.707. The van der Waals surface area contributed by atoms with Crippen LogP contribution in [0, 0.1) is 9.39 Å². The summed E-state index contributed by atoms with van der Waals surface area (Å²) in [5.41, 5.74) is 5.88. The van der Waals surface area contributed by atoms with Crippen LogP contribution >= 0.6 is 22.6 Å². The molecule has 5 heteroatoms. The maximum absolute atomic E-state index is 13.2. The molecule has 3 N–H and O–H groups in total. The lowest BCUT2D eigenvalue weighted by Crippen LogP contribution is -2.29. The molecule has 1 atom stereocenters. The molecule has 3 nitrogen and oxygen atoms in total. The van der Waals surface area contributed by atoms with Crippen LogP contribution in [-0.2, 0) is 0 Å². The van der Waals surface area contributed by atoms with Gasteiger partial charge in [0.15, 0.2) is 0 Å². The summed E-state index contributed by atoms with van der Waals surface area (Å²) in [6, 6.07) is 4.47. The first-order valence-corrected chi connectivity index (χ1v) is 6.07.